The SMILES string of the molecule is Cc1ccc(NC(=O)N2CC(C(=O)O)C2)c(C)n1. The second-order valence-electron chi connectivity index (χ2n) is 4.46. The van der Waals surface area contributed by atoms with Gasteiger partial charge in [-0.15, -0.1) is 0 Å². The van der Waals surface area contributed by atoms with E-state index >= 15 is 0 Å². The Balaban J connectivity index is 1.94. The van der Waals surface area contributed by atoms with Gasteiger partial charge in [0.25, 0.3) is 0 Å². The number of carboxylic acid groups (broad SMARTS) is 1. The molecule has 18 heavy (non-hydrogen) atoms. The maximum Gasteiger partial charge on any atom is 0.321 e. The van der Waals surface area contributed by atoms with Crippen LogP contribution in [0.1, 0.15) is 11.4 Å². The minimum atomic E-state index is -0.854. The van der Waals surface area contributed by atoms with Crippen molar-refractivity contribution in [2.75, 3.05) is 18.4 Å². The number of rotatable bonds is 2. The molecule has 1 aromatic rings. The summed E-state index contributed by atoms with van der Waals surface area (Å²) in [6.07, 6.45) is 0. The van der Waals surface area contributed by atoms with E-state index in [1.807, 2.05) is 19.9 Å². The molecule has 6 heteroatoms. The van der Waals surface area contributed by atoms with Gasteiger partial charge in [0.15, 0.2) is 0 Å². The van der Waals surface area contributed by atoms with Crippen molar-refractivity contribution in [3.8, 4) is 0 Å². The van der Waals surface area contributed by atoms with E-state index in [-0.39, 0.29) is 19.1 Å². The summed E-state index contributed by atoms with van der Waals surface area (Å²) < 4.78 is 0. The number of pyridine rings is 1. The lowest BCUT2D eigenvalue weighted by molar-refractivity contribution is -0.145. The summed E-state index contributed by atoms with van der Waals surface area (Å²) >= 11 is 0. The summed E-state index contributed by atoms with van der Waals surface area (Å²) in [4.78, 5) is 28.1. The van der Waals surface area contributed by atoms with Crippen LogP contribution in [-0.4, -0.2) is 40.1 Å². The molecular formula is C12H15N3O3. The molecule has 1 aliphatic heterocycles. The summed E-state index contributed by atoms with van der Waals surface area (Å²) in [7, 11) is 0. The molecule has 0 radical (unpaired) electrons. The van der Waals surface area contributed by atoms with Crippen molar-refractivity contribution in [1.82, 2.24) is 9.88 Å². The summed E-state index contributed by atoms with van der Waals surface area (Å²) in [6.45, 7) is 4.23. The third-order valence-electron chi connectivity index (χ3n) is 2.98. The van der Waals surface area contributed by atoms with Crippen molar-refractivity contribution in [3.63, 3.8) is 0 Å². The predicted octanol–water partition coefficient (Wildman–Crippen LogP) is 1.25. The Morgan fingerprint density at radius 1 is 1.39 bits per heavy atom. The molecule has 6 nitrogen and oxygen atoms in total. The van der Waals surface area contributed by atoms with E-state index in [1.54, 1.807) is 6.07 Å². The molecule has 1 aliphatic rings. The molecule has 0 saturated carbocycles. The molecule has 96 valence electrons. The fraction of sp³-hybridized carbons (Fsp3) is 0.417. The van der Waals surface area contributed by atoms with Crippen molar-refractivity contribution in [2.45, 2.75) is 13.8 Å². The van der Waals surface area contributed by atoms with E-state index in [1.165, 1.54) is 4.90 Å². The highest BCUT2D eigenvalue weighted by Crippen LogP contribution is 2.19. The second kappa shape index (κ2) is 4.64. The van der Waals surface area contributed by atoms with Crippen LogP contribution in [-0.2, 0) is 4.79 Å². The Bertz CT molecular complexity index is 495. The molecule has 2 amide bonds. The van der Waals surface area contributed by atoms with Gasteiger partial charge in [0.1, 0.15) is 0 Å². The van der Waals surface area contributed by atoms with Gasteiger partial charge in [-0.1, -0.05) is 0 Å². The third kappa shape index (κ3) is 2.42. The molecule has 0 bridgehead atoms. The third-order valence-corrected chi connectivity index (χ3v) is 2.98. The van der Waals surface area contributed by atoms with E-state index in [0.717, 1.165) is 11.4 Å². The van der Waals surface area contributed by atoms with Gasteiger partial charge in [-0.2, -0.15) is 0 Å². The number of aromatic nitrogens is 1. The number of carboxylic acids is 1. The number of carbonyl (C=O) groups excluding carboxylic acids is 1. The molecule has 0 aliphatic carbocycles. The van der Waals surface area contributed by atoms with Gasteiger partial charge < -0.3 is 15.3 Å². The molecule has 0 aromatic carbocycles. The molecule has 2 heterocycles. The van der Waals surface area contributed by atoms with Crippen molar-refractivity contribution in [1.29, 1.82) is 0 Å². The van der Waals surface area contributed by atoms with E-state index in [4.69, 9.17) is 5.11 Å². The summed E-state index contributed by atoms with van der Waals surface area (Å²) in [5.41, 5.74) is 2.29. The van der Waals surface area contributed by atoms with E-state index < -0.39 is 11.9 Å². The highest BCUT2D eigenvalue weighted by molar-refractivity contribution is 5.91. The van der Waals surface area contributed by atoms with Crippen LogP contribution in [0.5, 0.6) is 0 Å². The number of likely N-dealkylation sites (tertiary alicyclic amines) is 1. The number of nitrogens with zero attached hydrogens (tertiary/aromatic N) is 2. The zero-order valence-electron chi connectivity index (χ0n) is 10.3. The predicted molar refractivity (Wildman–Crippen MR) is 65.4 cm³/mol. The molecule has 1 aromatic heterocycles. The quantitative estimate of drug-likeness (QED) is 0.826. The minimum absolute atomic E-state index is 0.263. The van der Waals surface area contributed by atoms with Gasteiger partial charge in [-0.05, 0) is 26.0 Å². The highest BCUT2D eigenvalue weighted by Gasteiger charge is 2.35. The Morgan fingerprint density at radius 3 is 2.61 bits per heavy atom. The first-order valence-electron chi connectivity index (χ1n) is 5.70. The smallest absolute Gasteiger partial charge is 0.321 e. The zero-order chi connectivity index (χ0) is 13.3. The van der Waals surface area contributed by atoms with Gasteiger partial charge >= 0.3 is 12.0 Å². The average Bonchev–Trinajstić information content (AvgIpc) is 2.19. The van der Waals surface area contributed by atoms with Crippen LogP contribution in [0.2, 0.25) is 0 Å². The topological polar surface area (TPSA) is 82.5 Å². The van der Waals surface area contributed by atoms with Crippen molar-refractivity contribution < 1.29 is 14.7 Å². The molecule has 0 unspecified atom stereocenters. The molecule has 1 saturated heterocycles. The molecule has 1 fully saturated rings. The van der Waals surface area contributed by atoms with Crippen LogP contribution in [0.3, 0.4) is 0 Å². The first-order chi connectivity index (χ1) is 8.47. The fourth-order valence-electron chi connectivity index (χ4n) is 1.81. The standard InChI is InChI=1S/C12H15N3O3/c1-7-3-4-10(8(2)13-7)14-12(18)15-5-9(6-15)11(16)17/h3-4,9H,5-6H2,1-2H3,(H,14,18)(H,16,17). The van der Waals surface area contributed by atoms with Crippen LogP contribution < -0.4 is 5.32 Å². The van der Waals surface area contributed by atoms with Crippen LogP contribution in [0, 0.1) is 19.8 Å². The van der Waals surface area contributed by atoms with Crippen LogP contribution in [0.4, 0.5) is 10.5 Å². The maximum atomic E-state index is 11.8. The normalized spacial score (nSPS) is 15.1. The molecule has 2 rings (SSSR count). The number of aliphatic carboxylic acids is 1. The number of anilines is 1. The van der Waals surface area contributed by atoms with Crippen molar-refractivity contribution >= 4 is 17.7 Å². The lowest BCUT2D eigenvalue weighted by Gasteiger charge is -2.36. The monoisotopic (exact) mass is 249 g/mol. The van der Waals surface area contributed by atoms with Crippen LogP contribution in [0.25, 0.3) is 0 Å². The van der Waals surface area contributed by atoms with Gasteiger partial charge in [-0.25, -0.2) is 4.79 Å². The molecule has 2 N–H and O–H groups in total. The van der Waals surface area contributed by atoms with Gasteiger partial charge in [-0.3, -0.25) is 9.78 Å². The fourth-order valence-corrected chi connectivity index (χ4v) is 1.81. The molecule has 0 spiro atoms. The number of amides is 2. The zero-order valence-corrected chi connectivity index (χ0v) is 10.3. The van der Waals surface area contributed by atoms with Crippen molar-refractivity contribution in [2.24, 2.45) is 5.92 Å². The number of urea groups is 1. The number of nitrogens with one attached hydrogen (secondary N) is 1. The van der Waals surface area contributed by atoms with Crippen LogP contribution >= 0.6 is 0 Å². The Morgan fingerprint density at radius 2 is 2.06 bits per heavy atom. The van der Waals surface area contributed by atoms with Gasteiger partial charge in [0, 0.05) is 18.8 Å². The average molecular weight is 249 g/mol. The van der Waals surface area contributed by atoms with E-state index in [0.29, 0.717) is 5.69 Å². The van der Waals surface area contributed by atoms with E-state index in [9.17, 15) is 9.59 Å². The summed E-state index contributed by atoms with van der Waals surface area (Å²) in [5, 5.41) is 11.5. The Kier molecular flexibility index (Phi) is 3.18. The number of hydrogen-bond donors (Lipinski definition) is 2. The van der Waals surface area contributed by atoms with Gasteiger partial charge in [0.05, 0.1) is 17.3 Å². The van der Waals surface area contributed by atoms with Crippen molar-refractivity contribution in [3.05, 3.63) is 23.5 Å². The number of hydrogen-bond acceptors (Lipinski definition) is 3. The number of aryl methyl sites for hydroxylation is 2. The number of carbonyl (C=O) groups is 2. The Hall–Kier alpha value is -2.11. The lowest BCUT2D eigenvalue weighted by Crippen LogP contribution is -2.54. The summed E-state index contributed by atoms with van der Waals surface area (Å²) in [6, 6.07) is 3.34. The summed E-state index contributed by atoms with van der Waals surface area (Å²) in [5.74, 6) is -1.29. The first kappa shape index (κ1) is 12.3. The Labute approximate surface area is 105 Å². The lowest BCUT2D eigenvalue weighted by atomic mass is 10.0. The van der Waals surface area contributed by atoms with Crippen LogP contribution in [0.15, 0.2) is 12.1 Å². The minimum Gasteiger partial charge on any atom is -0.481 e. The first-order valence-corrected chi connectivity index (χ1v) is 5.70. The van der Waals surface area contributed by atoms with E-state index in [2.05, 4.69) is 10.3 Å². The van der Waals surface area contributed by atoms with Gasteiger partial charge in [0.2, 0.25) is 0 Å². The largest absolute Gasteiger partial charge is 0.481 e. The molecule has 0 atom stereocenters. The second-order valence-corrected chi connectivity index (χ2v) is 4.46. The highest BCUT2D eigenvalue weighted by atomic mass is 16.4. The maximum absolute atomic E-state index is 11.8. The molecular weight excluding hydrogens is 234 g/mol.